The molecule has 0 atom stereocenters. The maximum absolute atomic E-state index is 11.7. The molecule has 0 spiro atoms. The van der Waals surface area contributed by atoms with Crippen LogP contribution in [-0.2, 0) is 7.05 Å². The summed E-state index contributed by atoms with van der Waals surface area (Å²) in [5.74, 6) is -0.0770. The SMILES string of the molecule is Cn1ncc(C(=O)C2(N)CCC2)n1. The number of aromatic nitrogens is 3. The maximum atomic E-state index is 11.7. The quantitative estimate of drug-likeness (QED) is 0.644. The Balaban J connectivity index is 2.22. The summed E-state index contributed by atoms with van der Waals surface area (Å²) in [6, 6.07) is 0. The van der Waals surface area contributed by atoms with Crippen molar-refractivity contribution in [3.8, 4) is 0 Å². The third-order valence-electron chi connectivity index (χ3n) is 2.53. The van der Waals surface area contributed by atoms with Crippen LogP contribution in [0.3, 0.4) is 0 Å². The highest BCUT2D eigenvalue weighted by molar-refractivity contribution is 6.01. The van der Waals surface area contributed by atoms with Crippen LogP contribution in [-0.4, -0.2) is 26.3 Å². The molecule has 0 amide bonds. The first-order valence-electron chi connectivity index (χ1n) is 4.32. The Morgan fingerprint density at radius 1 is 1.69 bits per heavy atom. The van der Waals surface area contributed by atoms with Crippen LogP contribution >= 0.6 is 0 Å². The molecule has 70 valence electrons. The molecular weight excluding hydrogens is 168 g/mol. The van der Waals surface area contributed by atoms with Crippen molar-refractivity contribution >= 4 is 5.78 Å². The predicted molar refractivity (Wildman–Crippen MR) is 46.1 cm³/mol. The number of nitrogens with two attached hydrogens (primary N) is 1. The third kappa shape index (κ3) is 1.25. The van der Waals surface area contributed by atoms with Gasteiger partial charge in [0.1, 0.15) is 0 Å². The molecular formula is C8H12N4O. The number of Topliss-reactive ketones (excluding diaryl/α,β-unsaturated/α-hetero) is 1. The Morgan fingerprint density at radius 3 is 2.77 bits per heavy atom. The lowest BCUT2D eigenvalue weighted by molar-refractivity contribution is 0.0794. The van der Waals surface area contributed by atoms with Crippen molar-refractivity contribution in [3.63, 3.8) is 0 Å². The van der Waals surface area contributed by atoms with E-state index in [2.05, 4.69) is 10.2 Å². The molecule has 5 nitrogen and oxygen atoms in total. The van der Waals surface area contributed by atoms with E-state index in [1.165, 1.54) is 11.0 Å². The first kappa shape index (κ1) is 8.37. The molecule has 0 bridgehead atoms. The molecule has 1 fully saturated rings. The summed E-state index contributed by atoms with van der Waals surface area (Å²) < 4.78 is 0. The summed E-state index contributed by atoms with van der Waals surface area (Å²) in [5, 5.41) is 7.77. The lowest BCUT2D eigenvalue weighted by atomic mass is 9.74. The predicted octanol–water partition coefficient (Wildman–Crippen LogP) is -0.121. The Labute approximate surface area is 75.9 Å². The molecule has 1 aliphatic carbocycles. The Hall–Kier alpha value is -1.23. The fourth-order valence-corrected chi connectivity index (χ4v) is 1.49. The van der Waals surface area contributed by atoms with E-state index in [0.717, 1.165) is 19.3 Å². The van der Waals surface area contributed by atoms with Crippen molar-refractivity contribution in [2.75, 3.05) is 0 Å². The molecule has 0 unspecified atom stereocenters. The zero-order chi connectivity index (χ0) is 9.47. The lowest BCUT2D eigenvalue weighted by Crippen LogP contribution is -2.53. The summed E-state index contributed by atoms with van der Waals surface area (Å²) in [4.78, 5) is 13.1. The van der Waals surface area contributed by atoms with Gasteiger partial charge in [-0.3, -0.25) is 4.79 Å². The summed E-state index contributed by atoms with van der Waals surface area (Å²) >= 11 is 0. The molecule has 0 saturated heterocycles. The van der Waals surface area contributed by atoms with Crippen LogP contribution in [0.2, 0.25) is 0 Å². The van der Waals surface area contributed by atoms with Crippen LogP contribution in [0.25, 0.3) is 0 Å². The van der Waals surface area contributed by atoms with Gasteiger partial charge in [0.15, 0.2) is 5.69 Å². The molecule has 13 heavy (non-hydrogen) atoms. The van der Waals surface area contributed by atoms with Crippen LogP contribution in [0, 0.1) is 0 Å². The normalized spacial score (nSPS) is 19.5. The average Bonchev–Trinajstić information content (AvgIpc) is 2.46. The zero-order valence-electron chi connectivity index (χ0n) is 7.53. The molecule has 1 aromatic rings. The van der Waals surface area contributed by atoms with Crippen molar-refractivity contribution in [1.29, 1.82) is 0 Å². The third-order valence-corrected chi connectivity index (χ3v) is 2.53. The Kier molecular flexibility index (Phi) is 1.69. The molecule has 0 aromatic carbocycles. The number of hydrogen-bond donors (Lipinski definition) is 1. The van der Waals surface area contributed by atoms with E-state index in [-0.39, 0.29) is 5.78 Å². The van der Waals surface area contributed by atoms with Crippen molar-refractivity contribution in [1.82, 2.24) is 15.0 Å². The second-order valence-electron chi connectivity index (χ2n) is 3.56. The number of aryl methyl sites for hydroxylation is 1. The smallest absolute Gasteiger partial charge is 0.204 e. The van der Waals surface area contributed by atoms with E-state index >= 15 is 0 Å². The Bertz CT molecular complexity index is 340. The van der Waals surface area contributed by atoms with Gasteiger partial charge in [-0.2, -0.15) is 15.0 Å². The highest BCUT2D eigenvalue weighted by Crippen LogP contribution is 2.31. The number of carbonyl (C=O) groups excluding carboxylic acids is 1. The van der Waals surface area contributed by atoms with Gasteiger partial charge in [0, 0.05) is 7.05 Å². The maximum Gasteiger partial charge on any atom is 0.204 e. The number of ketones is 1. The lowest BCUT2D eigenvalue weighted by Gasteiger charge is -2.35. The fourth-order valence-electron chi connectivity index (χ4n) is 1.49. The Morgan fingerprint density at radius 2 is 2.38 bits per heavy atom. The number of carbonyl (C=O) groups is 1. The minimum atomic E-state index is -0.657. The molecule has 1 saturated carbocycles. The van der Waals surface area contributed by atoms with Gasteiger partial charge in [-0.25, -0.2) is 0 Å². The monoisotopic (exact) mass is 180 g/mol. The van der Waals surface area contributed by atoms with Gasteiger partial charge >= 0.3 is 0 Å². The van der Waals surface area contributed by atoms with E-state index in [1.54, 1.807) is 7.05 Å². The molecule has 2 N–H and O–H groups in total. The topological polar surface area (TPSA) is 73.8 Å². The van der Waals surface area contributed by atoms with Crippen molar-refractivity contribution in [3.05, 3.63) is 11.9 Å². The summed E-state index contributed by atoms with van der Waals surface area (Å²) in [5.41, 5.74) is 5.58. The number of hydrogen-bond acceptors (Lipinski definition) is 4. The standard InChI is InChI=1S/C8H12N4O/c1-12-10-5-6(11-12)7(13)8(9)3-2-4-8/h5H,2-4,9H2,1H3. The summed E-state index contributed by atoms with van der Waals surface area (Å²) in [6.45, 7) is 0. The van der Waals surface area contributed by atoms with E-state index in [0.29, 0.717) is 5.69 Å². The number of rotatable bonds is 2. The molecule has 1 aliphatic rings. The largest absolute Gasteiger partial charge is 0.319 e. The van der Waals surface area contributed by atoms with E-state index in [9.17, 15) is 4.79 Å². The van der Waals surface area contributed by atoms with Gasteiger partial charge in [0.25, 0.3) is 0 Å². The van der Waals surface area contributed by atoms with Crippen LogP contribution in [0.15, 0.2) is 6.20 Å². The van der Waals surface area contributed by atoms with Crippen LogP contribution in [0.4, 0.5) is 0 Å². The first-order valence-corrected chi connectivity index (χ1v) is 4.32. The average molecular weight is 180 g/mol. The summed E-state index contributed by atoms with van der Waals surface area (Å²) in [6.07, 6.45) is 4.03. The fraction of sp³-hybridized carbons (Fsp3) is 0.625. The van der Waals surface area contributed by atoms with Gasteiger partial charge in [-0.15, -0.1) is 0 Å². The molecule has 2 rings (SSSR count). The highest BCUT2D eigenvalue weighted by atomic mass is 16.1. The minimum absolute atomic E-state index is 0.0770. The molecule has 0 radical (unpaired) electrons. The summed E-state index contributed by atoms with van der Waals surface area (Å²) in [7, 11) is 1.68. The molecule has 0 aliphatic heterocycles. The van der Waals surface area contributed by atoms with Crippen LogP contribution < -0.4 is 5.73 Å². The first-order chi connectivity index (χ1) is 6.12. The van der Waals surface area contributed by atoms with Gasteiger partial charge in [0.2, 0.25) is 5.78 Å². The van der Waals surface area contributed by atoms with Crippen molar-refractivity contribution in [2.24, 2.45) is 12.8 Å². The van der Waals surface area contributed by atoms with Crippen molar-refractivity contribution < 1.29 is 4.79 Å². The second-order valence-corrected chi connectivity index (χ2v) is 3.56. The highest BCUT2D eigenvalue weighted by Gasteiger charge is 2.41. The molecule has 5 heteroatoms. The molecule has 1 aromatic heterocycles. The minimum Gasteiger partial charge on any atom is -0.319 e. The van der Waals surface area contributed by atoms with E-state index < -0.39 is 5.54 Å². The molecule has 1 heterocycles. The van der Waals surface area contributed by atoms with Gasteiger partial charge < -0.3 is 5.73 Å². The zero-order valence-corrected chi connectivity index (χ0v) is 7.53. The van der Waals surface area contributed by atoms with Gasteiger partial charge in [-0.1, -0.05) is 0 Å². The van der Waals surface area contributed by atoms with Gasteiger partial charge in [0.05, 0.1) is 11.7 Å². The van der Waals surface area contributed by atoms with E-state index in [4.69, 9.17) is 5.73 Å². The van der Waals surface area contributed by atoms with Crippen molar-refractivity contribution in [2.45, 2.75) is 24.8 Å². The van der Waals surface area contributed by atoms with E-state index in [1.807, 2.05) is 0 Å². The second kappa shape index (κ2) is 2.63. The van der Waals surface area contributed by atoms with Crippen LogP contribution in [0.5, 0.6) is 0 Å². The van der Waals surface area contributed by atoms with Gasteiger partial charge in [-0.05, 0) is 19.3 Å². The van der Waals surface area contributed by atoms with Crippen LogP contribution in [0.1, 0.15) is 29.8 Å². The number of nitrogens with zero attached hydrogens (tertiary/aromatic N) is 3.